The monoisotopic (exact) mass is 229 g/mol. The van der Waals surface area contributed by atoms with Crippen molar-refractivity contribution in [1.82, 2.24) is 15.0 Å². The van der Waals surface area contributed by atoms with E-state index in [1.165, 1.54) is 10.7 Å². The van der Waals surface area contributed by atoms with Crippen molar-refractivity contribution in [3.8, 4) is 0 Å². The molecule has 0 radical (unpaired) electrons. The van der Waals surface area contributed by atoms with Gasteiger partial charge in [-0.05, 0) is 32.0 Å². The van der Waals surface area contributed by atoms with Gasteiger partial charge >= 0.3 is 6.18 Å². The molecular formula is C10H10F3N3. The maximum Gasteiger partial charge on any atom is 0.416 e. The summed E-state index contributed by atoms with van der Waals surface area (Å²) in [5.74, 6) is 0. The Morgan fingerprint density at radius 1 is 1.25 bits per heavy atom. The van der Waals surface area contributed by atoms with Crippen LogP contribution in [0.2, 0.25) is 0 Å². The van der Waals surface area contributed by atoms with E-state index in [2.05, 4.69) is 10.3 Å². The van der Waals surface area contributed by atoms with Crippen molar-refractivity contribution in [1.29, 1.82) is 0 Å². The zero-order chi connectivity index (χ0) is 11.9. The van der Waals surface area contributed by atoms with Crippen molar-refractivity contribution in [3.63, 3.8) is 0 Å². The van der Waals surface area contributed by atoms with Gasteiger partial charge in [0, 0.05) is 6.04 Å². The van der Waals surface area contributed by atoms with Crippen LogP contribution >= 0.6 is 0 Å². The Labute approximate surface area is 89.9 Å². The molecule has 0 spiro atoms. The largest absolute Gasteiger partial charge is 0.416 e. The van der Waals surface area contributed by atoms with E-state index >= 15 is 0 Å². The van der Waals surface area contributed by atoms with E-state index in [9.17, 15) is 13.2 Å². The Morgan fingerprint density at radius 2 is 1.94 bits per heavy atom. The number of rotatable bonds is 1. The molecule has 2 rings (SSSR count). The molecule has 16 heavy (non-hydrogen) atoms. The van der Waals surface area contributed by atoms with Gasteiger partial charge in [0.15, 0.2) is 0 Å². The van der Waals surface area contributed by atoms with Crippen LogP contribution < -0.4 is 0 Å². The predicted octanol–water partition coefficient (Wildman–Crippen LogP) is 3.03. The van der Waals surface area contributed by atoms with Crippen molar-refractivity contribution in [2.24, 2.45) is 0 Å². The van der Waals surface area contributed by atoms with Gasteiger partial charge in [-0.3, -0.25) is 0 Å². The highest BCUT2D eigenvalue weighted by molar-refractivity contribution is 5.75. The van der Waals surface area contributed by atoms with Crippen molar-refractivity contribution < 1.29 is 13.2 Å². The van der Waals surface area contributed by atoms with E-state index in [0.29, 0.717) is 11.0 Å². The SMILES string of the molecule is CC(C)n1nnc2ccc(C(F)(F)F)cc21. The van der Waals surface area contributed by atoms with Crippen molar-refractivity contribution in [2.45, 2.75) is 26.1 Å². The van der Waals surface area contributed by atoms with Crippen LogP contribution in [0.4, 0.5) is 13.2 Å². The molecule has 0 aliphatic carbocycles. The second-order valence-corrected chi connectivity index (χ2v) is 3.83. The summed E-state index contributed by atoms with van der Waals surface area (Å²) in [6, 6.07) is 3.41. The molecule has 0 fully saturated rings. The highest BCUT2D eigenvalue weighted by atomic mass is 19.4. The van der Waals surface area contributed by atoms with Crippen LogP contribution in [-0.4, -0.2) is 15.0 Å². The third-order valence-corrected chi connectivity index (χ3v) is 2.29. The van der Waals surface area contributed by atoms with Crippen LogP contribution in [0.1, 0.15) is 25.5 Å². The summed E-state index contributed by atoms with van der Waals surface area (Å²) >= 11 is 0. The molecule has 6 heteroatoms. The molecule has 0 unspecified atom stereocenters. The lowest BCUT2D eigenvalue weighted by molar-refractivity contribution is -0.137. The number of alkyl halides is 3. The van der Waals surface area contributed by atoms with Gasteiger partial charge in [0.2, 0.25) is 0 Å². The topological polar surface area (TPSA) is 30.7 Å². The summed E-state index contributed by atoms with van der Waals surface area (Å²) in [6.45, 7) is 3.68. The summed E-state index contributed by atoms with van der Waals surface area (Å²) in [6.07, 6.45) is -4.33. The first kappa shape index (κ1) is 10.9. The molecule has 0 amide bonds. The van der Waals surface area contributed by atoms with Crippen molar-refractivity contribution in [3.05, 3.63) is 23.8 Å². The van der Waals surface area contributed by atoms with E-state index in [4.69, 9.17) is 0 Å². The molecule has 0 bridgehead atoms. The number of benzene rings is 1. The molecule has 0 aliphatic rings. The van der Waals surface area contributed by atoms with E-state index in [1.807, 2.05) is 13.8 Å². The van der Waals surface area contributed by atoms with Gasteiger partial charge in [0.1, 0.15) is 5.52 Å². The fourth-order valence-corrected chi connectivity index (χ4v) is 1.49. The number of aromatic nitrogens is 3. The Kier molecular flexibility index (Phi) is 2.36. The molecular weight excluding hydrogens is 219 g/mol. The number of hydrogen-bond donors (Lipinski definition) is 0. The van der Waals surface area contributed by atoms with Crippen LogP contribution in [-0.2, 0) is 6.18 Å². The second kappa shape index (κ2) is 3.47. The van der Waals surface area contributed by atoms with Gasteiger partial charge < -0.3 is 0 Å². The highest BCUT2D eigenvalue weighted by Crippen LogP contribution is 2.31. The quantitative estimate of drug-likeness (QED) is 0.752. The van der Waals surface area contributed by atoms with Gasteiger partial charge in [-0.1, -0.05) is 5.21 Å². The normalized spacial score (nSPS) is 12.6. The lowest BCUT2D eigenvalue weighted by Crippen LogP contribution is -2.06. The summed E-state index contributed by atoms with van der Waals surface area (Å²) in [5.41, 5.74) is 0.204. The van der Waals surface area contributed by atoms with Gasteiger partial charge in [-0.25, -0.2) is 4.68 Å². The van der Waals surface area contributed by atoms with Gasteiger partial charge in [-0.2, -0.15) is 13.2 Å². The molecule has 0 aliphatic heterocycles. The van der Waals surface area contributed by atoms with Gasteiger partial charge in [0.25, 0.3) is 0 Å². The van der Waals surface area contributed by atoms with E-state index in [0.717, 1.165) is 12.1 Å². The fourth-order valence-electron chi connectivity index (χ4n) is 1.49. The van der Waals surface area contributed by atoms with E-state index in [-0.39, 0.29) is 6.04 Å². The average Bonchev–Trinajstić information content (AvgIpc) is 2.58. The smallest absolute Gasteiger partial charge is 0.242 e. The van der Waals surface area contributed by atoms with E-state index < -0.39 is 11.7 Å². The molecule has 3 nitrogen and oxygen atoms in total. The molecule has 0 N–H and O–H groups in total. The van der Waals surface area contributed by atoms with Crippen molar-refractivity contribution in [2.75, 3.05) is 0 Å². The minimum atomic E-state index is -4.33. The van der Waals surface area contributed by atoms with Crippen LogP contribution in [0, 0.1) is 0 Å². The standard InChI is InChI=1S/C10H10F3N3/c1-6(2)16-9-5-7(10(11,12)13)3-4-8(9)14-15-16/h3-6H,1-2H3. The maximum atomic E-state index is 12.5. The number of nitrogens with zero attached hydrogens (tertiary/aromatic N) is 3. The van der Waals surface area contributed by atoms with E-state index in [1.54, 1.807) is 0 Å². The highest BCUT2D eigenvalue weighted by Gasteiger charge is 2.31. The van der Waals surface area contributed by atoms with Gasteiger partial charge in [-0.15, -0.1) is 5.10 Å². The minimum Gasteiger partial charge on any atom is -0.242 e. The molecule has 1 aromatic carbocycles. The number of hydrogen-bond acceptors (Lipinski definition) is 2. The van der Waals surface area contributed by atoms with Crippen LogP contribution in [0.3, 0.4) is 0 Å². The summed E-state index contributed by atoms with van der Waals surface area (Å²) in [7, 11) is 0. The zero-order valence-electron chi connectivity index (χ0n) is 8.78. The lowest BCUT2D eigenvalue weighted by Gasteiger charge is -2.08. The first-order valence-electron chi connectivity index (χ1n) is 4.82. The summed E-state index contributed by atoms with van der Waals surface area (Å²) in [5, 5.41) is 7.63. The van der Waals surface area contributed by atoms with Crippen LogP contribution in [0.15, 0.2) is 18.2 Å². The second-order valence-electron chi connectivity index (χ2n) is 3.83. The summed E-state index contributed by atoms with van der Waals surface area (Å²) < 4.78 is 39.0. The first-order valence-corrected chi connectivity index (χ1v) is 4.82. The zero-order valence-corrected chi connectivity index (χ0v) is 8.78. The summed E-state index contributed by atoms with van der Waals surface area (Å²) in [4.78, 5) is 0. The van der Waals surface area contributed by atoms with Crippen LogP contribution in [0.25, 0.3) is 11.0 Å². The molecule has 86 valence electrons. The van der Waals surface area contributed by atoms with Crippen molar-refractivity contribution >= 4 is 11.0 Å². The van der Waals surface area contributed by atoms with Crippen LogP contribution in [0.5, 0.6) is 0 Å². The molecule has 1 aromatic heterocycles. The molecule has 0 atom stereocenters. The Balaban J connectivity index is 2.63. The number of halogens is 3. The Hall–Kier alpha value is -1.59. The van der Waals surface area contributed by atoms with Gasteiger partial charge in [0.05, 0.1) is 11.1 Å². The third-order valence-electron chi connectivity index (χ3n) is 2.29. The maximum absolute atomic E-state index is 12.5. The fraction of sp³-hybridized carbons (Fsp3) is 0.400. The number of fused-ring (bicyclic) bond motifs is 1. The Morgan fingerprint density at radius 3 is 2.50 bits per heavy atom. The average molecular weight is 229 g/mol. The minimum absolute atomic E-state index is 0.0199. The molecule has 0 saturated heterocycles. The lowest BCUT2D eigenvalue weighted by atomic mass is 10.2. The molecule has 1 heterocycles. The molecule has 2 aromatic rings. The predicted molar refractivity (Wildman–Crippen MR) is 52.9 cm³/mol. The Bertz CT molecular complexity index is 513. The third kappa shape index (κ3) is 1.75. The first-order chi connectivity index (χ1) is 7.39. The molecule has 0 saturated carbocycles.